The molecule has 1 unspecified atom stereocenters. The molecule has 2 aromatic carbocycles. The molecule has 2 aromatic rings. The Morgan fingerprint density at radius 3 is 2.21 bits per heavy atom. The topological polar surface area (TPSA) is 57.7 Å². The molecule has 5 nitrogen and oxygen atoms in total. The Morgan fingerprint density at radius 2 is 1.58 bits per heavy atom. The van der Waals surface area contributed by atoms with Gasteiger partial charge in [-0.3, -0.25) is 9.10 Å². The molecule has 3 rings (SSSR count). The third kappa shape index (κ3) is 2.65. The number of alkyl halides is 1. The summed E-state index contributed by atoms with van der Waals surface area (Å²) in [6.07, 6.45) is 0.241. The molecule has 0 radical (unpaired) electrons. The van der Waals surface area contributed by atoms with Crippen LogP contribution in [-0.2, 0) is 14.8 Å². The highest BCUT2D eigenvalue weighted by atomic mass is 35.5. The lowest BCUT2D eigenvalue weighted by Crippen LogP contribution is -2.54. The van der Waals surface area contributed by atoms with E-state index in [0.717, 1.165) is 0 Å². The summed E-state index contributed by atoms with van der Waals surface area (Å²) in [6.45, 7) is 0. The summed E-state index contributed by atoms with van der Waals surface area (Å²) in [4.78, 5) is 14.4. The number of para-hydroxylation sites is 2. The minimum Gasteiger partial charge on any atom is -0.312 e. The Labute approximate surface area is 146 Å². The van der Waals surface area contributed by atoms with E-state index < -0.39 is 16.1 Å². The van der Waals surface area contributed by atoms with Crippen LogP contribution in [0, 0.1) is 0 Å². The first kappa shape index (κ1) is 16.8. The van der Waals surface area contributed by atoms with Crippen LogP contribution in [0.5, 0.6) is 0 Å². The summed E-state index contributed by atoms with van der Waals surface area (Å²) in [5.74, 6) is -0.0957. The lowest BCUT2D eigenvalue weighted by Gasteiger charge is -2.40. The SMILES string of the molecule is CN1C(=O)C(CCCl)N(S(=O)(=O)c2ccccc2)c2ccccc21. The van der Waals surface area contributed by atoms with Crippen molar-refractivity contribution in [1.82, 2.24) is 0 Å². The highest BCUT2D eigenvalue weighted by Crippen LogP contribution is 2.39. The monoisotopic (exact) mass is 364 g/mol. The fourth-order valence-corrected chi connectivity index (χ4v) is 4.77. The van der Waals surface area contributed by atoms with Crippen LogP contribution < -0.4 is 9.21 Å². The third-order valence-electron chi connectivity index (χ3n) is 4.06. The Balaban J connectivity index is 2.22. The van der Waals surface area contributed by atoms with Crippen LogP contribution in [0.1, 0.15) is 6.42 Å². The first-order valence-electron chi connectivity index (χ1n) is 7.50. The minimum atomic E-state index is -3.88. The smallest absolute Gasteiger partial charge is 0.265 e. The van der Waals surface area contributed by atoms with E-state index in [1.807, 2.05) is 0 Å². The molecule has 0 saturated heterocycles. The number of sulfonamides is 1. The Hall–Kier alpha value is -2.05. The maximum Gasteiger partial charge on any atom is 0.265 e. The van der Waals surface area contributed by atoms with Gasteiger partial charge in [-0.1, -0.05) is 30.3 Å². The summed E-state index contributed by atoms with van der Waals surface area (Å²) in [5, 5.41) is 0. The molecule has 1 atom stereocenters. The summed E-state index contributed by atoms with van der Waals surface area (Å²) in [5.41, 5.74) is 1.05. The molecule has 0 saturated carbocycles. The number of halogens is 1. The van der Waals surface area contributed by atoms with Crippen LogP contribution in [0.15, 0.2) is 59.5 Å². The van der Waals surface area contributed by atoms with E-state index in [1.165, 1.54) is 21.3 Å². The highest BCUT2D eigenvalue weighted by Gasteiger charge is 2.42. The quantitative estimate of drug-likeness (QED) is 0.784. The van der Waals surface area contributed by atoms with Gasteiger partial charge in [0.25, 0.3) is 15.9 Å². The number of benzene rings is 2. The number of carbonyl (C=O) groups is 1. The van der Waals surface area contributed by atoms with E-state index >= 15 is 0 Å². The van der Waals surface area contributed by atoms with Crippen LogP contribution in [0.2, 0.25) is 0 Å². The molecule has 1 aliphatic rings. The third-order valence-corrected chi connectivity index (χ3v) is 6.12. The molecular weight excluding hydrogens is 348 g/mol. The standard InChI is InChI=1S/C17H17ClN2O3S/c1-19-14-9-5-6-10-15(14)20(16(11-12-18)17(19)21)24(22,23)13-7-3-2-4-8-13/h2-10,16H,11-12H2,1H3. The molecular formula is C17H17ClN2O3S. The molecule has 0 spiro atoms. The van der Waals surface area contributed by atoms with Crippen LogP contribution in [-0.4, -0.2) is 33.3 Å². The van der Waals surface area contributed by atoms with Gasteiger partial charge in [-0.15, -0.1) is 11.6 Å². The summed E-state index contributed by atoms with van der Waals surface area (Å²) in [7, 11) is -2.23. The average Bonchev–Trinajstić information content (AvgIpc) is 2.60. The largest absolute Gasteiger partial charge is 0.312 e. The molecule has 24 heavy (non-hydrogen) atoms. The van der Waals surface area contributed by atoms with Crippen LogP contribution in [0.3, 0.4) is 0 Å². The van der Waals surface area contributed by atoms with Gasteiger partial charge in [0.2, 0.25) is 0 Å². The zero-order valence-corrected chi connectivity index (χ0v) is 14.7. The van der Waals surface area contributed by atoms with Crippen molar-refractivity contribution in [3.63, 3.8) is 0 Å². The molecule has 0 N–H and O–H groups in total. The summed E-state index contributed by atoms with van der Waals surface area (Å²) in [6, 6.07) is 14.2. The van der Waals surface area contributed by atoms with E-state index in [-0.39, 0.29) is 23.1 Å². The number of likely N-dealkylation sites (N-methyl/N-ethyl adjacent to an activating group) is 1. The van der Waals surface area contributed by atoms with E-state index in [0.29, 0.717) is 11.4 Å². The molecule has 7 heteroatoms. The van der Waals surface area contributed by atoms with Gasteiger partial charge in [-0.25, -0.2) is 8.42 Å². The molecule has 1 amide bonds. The number of rotatable bonds is 4. The minimum absolute atomic E-state index is 0.150. The fraction of sp³-hybridized carbons (Fsp3) is 0.235. The van der Waals surface area contributed by atoms with Crippen LogP contribution in [0.25, 0.3) is 0 Å². The second kappa shape index (κ2) is 6.45. The number of amides is 1. The molecule has 126 valence electrons. The van der Waals surface area contributed by atoms with Crippen molar-refractivity contribution in [2.45, 2.75) is 17.4 Å². The van der Waals surface area contributed by atoms with Gasteiger partial charge < -0.3 is 4.90 Å². The molecule has 0 bridgehead atoms. The summed E-state index contributed by atoms with van der Waals surface area (Å²) < 4.78 is 27.6. The zero-order chi connectivity index (χ0) is 17.3. The average molecular weight is 365 g/mol. The maximum atomic E-state index is 13.2. The van der Waals surface area contributed by atoms with Gasteiger partial charge in [-0.2, -0.15) is 0 Å². The van der Waals surface area contributed by atoms with Gasteiger partial charge in [0.1, 0.15) is 6.04 Å². The number of nitrogens with zero attached hydrogens (tertiary/aromatic N) is 2. The van der Waals surface area contributed by atoms with Crippen LogP contribution >= 0.6 is 11.6 Å². The Kier molecular flexibility index (Phi) is 4.51. The first-order valence-corrected chi connectivity index (χ1v) is 9.48. The first-order chi connectivity index (χ1) is 11.5. The Bertz CT molecular complexity index is 855. The van der Waals surface area contributed by atoms with E-state index in [2.05, 4.69) is 0 Å². The molecule has 1 aliphatic heterocycles. The van der Waals surface area contributed by atoms with Gasteiger partial charge in [-0.05, 0) is 30.7 Å². The number of hydrogen-bond donors (Lipinski definition) is 0. The fourth-order valence-electron chi connectivity index (χ4n) is 2.89. The number of hydrogen-bond acceptors (Lipinski definition) is 3. The Morgan fingerprint density at radius 1 is 1.00 bits per heavy atom. The van der Waals surface area contributed by atoms with E-state index in [4.69, 9.17) is 11.6 Å². The molecule has 1 heterocycles. The normalized spacial score (nSPS) is 17.8. The van der Waals surface area contributed by atoms with Crippen molar-refractivity contribution in [3.8, 4) is 0 Å². The second-order valence-electron chi connectivity index (χ2n) is 5.49. The molecule has 0 fully saturated rings. The highest BCUT2D eigenvalue weighted by molar-refractivity contribution is 7.93. The number of carbonyl (C=O) groups excluding carboxylic acids is 1. The van der Waals surface area contributed by atoms with E-state index in [9.17, 15) is 13.2 Å². The molecule has 0 aliphatic carbocycles. The molecule has 0 aromatic heterocycles. The number of anilines is 2. The number of fused-ring (bicyclic) bond motifs is 1. The van der Waals surface area contributed by atoms with Gasteiger partial charge in [0.15, 0.2) is 0 Å². The zero-order valence-electron chi connectivity index (χ0n) is 13.1. The second-order valence-corrected chi connectivity index (χ2v) is 7.69. The predicted molar refractivity (Wildman–Crippen MR) is 95.1 cm³/mol. The maximum absolute atomic E-state index is 13.2. The van der Waals surface area contributed by atoms with Crippen molar-refractivity contribution in [2.24, 2.45) is 0 Å². The lowest BCUT2D eigenvalue weighted by molar-refractivity contribution is -0.119. The van der Waals surface area contributed by atoms with Crippen LogP contribution in [0.4, 0.5) is 11.4 Å². The lowest BCUT2D eigenvalue weighted by atomic mass is 10.1. The van der Waals surface area contributed by atoms with Crippen molar-refractivity contribution < 1.29 is 13.2 Å². The van der Waals surface area contributed by atoms with Gasteiger partial charge in [0.05, 0.1) is 16.3 Å². The van der Waals surface area contributed by atoms with Crippen molar-refractivity contribution in [2.75, 3.05) is 22.1 Å². The van der Waals surface area contributed by atoms with Crippen molar-refractivity contribution in [3.05, 3.63) is 54.6 Å². The predicted octanol–water partition coefficient (Wildman–Crippen LogP) is 2.86. The summed E-state index contributed by atoms with van der Waals surface area (Å²) >= 11 is 5.84. The van der Waals surface area contributed by atoms with Crippen molar-refractivity contribution >= 4 is 38.9 Å². The van der Waals surface area contributed by atoms with E-state index in [1.54, 1.807) is 49.5 Å². The van der Waals surface area contributed by atoms with Gasteiger partial charge in [0, 0.05) is 12.9 Å². The van der Waals surface area contributed by atoms with Crippen molar-refractivity contribution in [1.29, 1.82) is 0 Å². The van der Waals surface area contributed by atoms with Gasteiger partial charge >= 0.3 is 0 Å².